The molecule has 0 aliphatic carbocycles. The van der Waals surface area contributed by atoms with Crippen LogP contribution < -0.4 is 0 Å². The summed E-state index contributed by atoms with van der Waals surface area (Å²) in [5.74, 6) is -1.68. The number of aliphatic carboxylic acids is 1. The summed E-state index contributed by atoms with van der Waals surface area (Å²) in [6.07, 6.45) is 3.89. The van der Waals surface area contributed by atoms with E-state index in [1.807, 2.05) is 48.1 Å². The first kappa shape index (κ1) is 24.1. The maximum atomic E-state index is 12.0. The van der Waals surface area contributed by atoms with Crippen molar-refractivity contribution in [2.75, 3.05) is 19.1 Å². The number of aliphatic hydroxyl groups is 1. The van der Waals surface area contributed by atoms with Gasteiger partial charge in [0.05, 0.1) is 16.5 Å². The first-order valence-corrected chi connectivity index (χ1v) is 13.3. The Morgan fingerprint density at radius 3 is 2.22 bits per heavy atom. The summed E-state index contributed by atoms with van der Waals surface area (Å²) < 4.78 is 25.7. The van der Waals surface area contributed by atoms with Crippen LogP contribution in [0.1, 0.15) is 30.0 Å². The number of carboxylic acids is 1. The molecule has 1 heterocycles. The van der Waals surface area contributed by atoms with Crippen LogP contribution in [-0.4, -0.2) is 48.3 Å². The molecule has 170 valence electrons. The largest absolute Gasteiger partial charge is 0.481 e. The highest BCUT2D eigenvalue weighted by molar-refractivity contribution is 7.98. The van der Waals surface area contributed by atoms with E-state index in [-0.39, 0.29) is 11.5 Å². The van der Waals surface area contributed by atoms with Crippen LogP contribution in [0, 0.1) is 6.92 Å². The quantitative estimate of drug-likeness (QED) is 0.444. The van der Waals surface area contributed by atoms with Gasteiger partial charge in [0.15, 0.2) is 9.84 Å². The summed E-state index contributed by atoms with van der Waals surface area (Å²) in [4.78, 5) is 13.4. The first-order chi connectivity index (χ1) is 15.2. The van der Waals surface area contributed by atoms with Crippen molar-refractivity contribution in [2.24, 2.45) is 0 Å². The Morgan fingerprint density at radius 2 is 1.72 bits per heavy atom. The fourth-order valence-corrected chi connectivity index (χ4v) is 4.87. The van der Waals surface area contributed by atoms with Crippen LogP contribution in [0.15, 0.2) is 64.4 Å². The van der Waals surface area contributed by atoms with Crippen molar-refractivity contribution in [1.82, 2.24) is 4.57 Å². The van der Waals surface area contributed by atoms with Gasteiger partial charge >= 0.3 is 5.97 Å². The van der Waals surface area contributed by atoms with Gasteiger partial charge in [0.1, 0.15) is 0 Å². The predicted octanol–water partition coefficient (Wildman–Crippen LogP) is 4.52. The van der Waals surface area contributed by atoms with Crippen LogP contribution >= 0.6 is 11.8 Å². The molecule has 0 radical (unpaired) electrons. The van der Waals surface area contributed by atoms with E-state index in [4.69, 9.17) is 0 Å². The Hall–Kier alpha value is -2.55. The first-order valence-electron chi connectivity index (χ1n) is 10.2. The van der Waals surface area contributed by atoms with E-state index in [2.05, 4.69) is 0 Å². The molecule has 0 fully saturated rings. The lowest BCUT2D eigenvalue weighted by molar-refractivity contribution is -0.139. The number of carboxylic acid groups (broad SMARTS) is 1. The molecule has 2 N–H and O–H groups in total. The standard InChI is InChI=1S/C24H27NO5S2/c1-16-22(21(24(27)28)5-4-14-26)15-23(17-6-12-20(13-7-17)32(3,29)30)25(16)18-8-10-19(31-2)11-9-18/h6-13,15,21,26H,4-5,14H2,1-3H3,(H,27,28). The van der Waals surface area contributed by atoms with E-state index in [0.29, 0.717) is 18.4 Å². The van der Waals surface area contributed by atoms with Gasteiger partial charge < -0.3 is 14.8 Å². The van der Waals surface area contributed by atoms with Crippen molar-refractivity contribution in [3.63, 3.8) is 0 Å². The summed E-state index contributed by atoms with van der Waals surface area (Å²) in [5.41, 5.74) is 3.94. The molecule has 1 unspecified atom stereocenters. The molecule has 0 saturated heterocycles. The molecule has 0 amide bonds. The highest BCUT2D eigenvalue weighted by Gasteiger charge is 2.26. The maximum absolute atomic E-state index is 12.0. The molecule has 0 bridgehead atoms. The Bertz CT molecular complexity index is 1200. The molecule has 0 aliphatic rings. The lowest BCUT2D eigenvalue weighted by atomic mass is 9.94. The zero-order chi connectivity index (χ0) is 23.5. The van der Waals surface area contributed by atoms with E-state index in [9.17, 15) is 23.4 Å². The number of hydrogen-bond acceptors (Lipinski definition) is 5. The number of rotatable bonds is 9. The van der Waals surface area contributed by atoms with Crippen molar-refractivity contribution in [3.05, 3.63) is 65.9 Å². The summed E-state index contributed by atoms with van der Waals surface area (Å²) in [5, 5.41) is 19.1. The molecular weight excluding hydrogens is 446 g/mol. The second-order valence-corrected chi connectivity index (χ2v) is 10.6. The number of aliphatic hydroxyl groups excluding tert-OH is 1. The molecule has 0 saturated carbocycles. The van der Waals surface area contributed by atoms with Gasteiger partial charge in [-0.15, -0.1) is 11.8 Å². The molecule has 8 heteroatoms. The molecule has 2 aromatic carbocycles. The van der Waals surface area contributed by atoms with Crippen molar-refractivity contribution in [1.29, 1.82) is 0 Å². The van der Waals surface area contributed by atoms with Crippen molar-refractivity contribution in [3.8, 4) is 16.9 Å². The Balaban J connectivity index is 2.20. The van der Waals surface area contributed by atoms with Gasteiger partial charge in [-0.1, -0.05) is 12.1 Å². The van der Waals surface area contributed by atoms with Gasteiger partial charge in [-0.3, -0.25) is 4.79 Å². The Labute approximate surface area is 192 Å². The zero-order valence-electron chi connectivity index (χ0n) is 18.3. The highest BCUT2D eigenvalue weighted by Crippen LogP contribution is 2.35. The van der Waals surface area contributed by atoms with E-state index in [0.717, 1.165) is 27.5 Å². The minimum absolute atomic E-state index is 0.0699. The van der Waals surface area contributed by atoms with Crippen LogP contribution in [0.4, 0.5) is 0 Å². The molecule has 3 rings (SSSR count). The van der Waals surface area contributed by atoms with Crippen molar-refractivity contribution >= 4 is 27.6 Å². The lowest BCUT2D eigenvalue weighted by Crippen LogP contribution is -2.13. The number of thioether (sulfide) groups is 1. The zero-order valence-corrected chi connectivity index (χ0v) is 19.9. The third-order valence-electron chi connectivity index (χ3n) is 5.52. The second-order valence-electron chi connectivity index (χ2n) is 7.66. The van der Waals surface area contributed by atoms with E-state index in [1.165, 1.54) is 6.26 Å². The fraction of sp³-hybridized carbons (Fsp3) is 0.292. The third kappa shape index (κ3) is 5.09. The predicted molar refractivity (Wildman–Crippen MR) is 128 cm³/mol. The monoisotopic (exact) mass is 473 g/mol. The van der Waals surface area contributed by atoms with E-state index < -0.39 is 21.7 Å². The Morgan fingerprint density at radius 1 is 1.09 bits per heavy atom. The van der Waals surface area contributed by atoms with E-state index in [1.54, 1.807) is 36.0 Å². The van der Waals surface area contributed by atoms with Crippen molar-refractivity contribution in [2.45, 2.75) is 35.5 Å². The summed E-state index contributed by atoms with van der Waals surface area (Å²) in [7, 11) is -3.32. The van der Waals surface area contributed by atoms with Crippen LogP contribution in [0.25, 0.3) is 16.9 Å². The molecule has 0 spiro atoms. The summed E-state index contributed by atoms with van der Waals surface area (Å²) in [6.45, 7) is 1.82. The van der Waals surface area contributed by atoms with Gasteiger partial charge in [0.2, 0.25) is 0 Å². The highest BCUT2D eigenvalue weighted by atomic mass is 32.2. The SMILES string of the molecule is CSc1ccc(-n2c(-c3ccc(S(C)(=O)=O)cc3)cc(C(CCCO)C(=O)O)c2C)cc1. The maximum Gasteiger partial charge on any atom is 0.311 e. The van der Waals surface area contributed by atoms with E-state index >= 15 is 0 Å². The number of sulfone groups is 1. The minimum Gasteiger partial charge on any atom is -0.481 e. The number of benzene rings is 2. The van der Waals surface area contributed by atoms with Crippen LogP contribution in [0.3, 0.4) is 0 Å². The number of hydrogen-bond donors (Lipinski definition) is 2. The normalized spacial score (nSPS) is 12.6. The van der Waals surface area contributed by atoms with Crippen LogP contribution in [0.2, 0.25) is 0 Å². The summed E-state index contributed by atoms with van der Waals surface area (Å²) in [6, 6.07) is 16.5. The topological polar surface area (TPSA) is 96.6 Å². The molecular formula is C24H27NO5S2. The molecule has 1 atom stereocenters. The number of nitrogens with zero attached hydrogens (tertiary/aromatic N) is 1. The third-order valence-corrected chi connectivity index (χ3v) is 7.39. The molecule has 0 aliphatic heterocycles. The summed E-state index contributed by atoms with van der Waals surface area (Å²) >= 11 is 1.64. The average molecular weight is 474 g/mol. The minimum atomic E-state index is -3.32. The fourth-order valence-electron chi connectivity index (χ4n) is 3.84. The number of carbonyl (C=O) groups is 1. The second kappa shape index (κ2) is 9.94. The van der Waals surface area contributed by atoms with Gasteiger partial charge in [0, 0.05) is 29.1 Å². The lowest BCUT2D eigenvalue weighted by Gasteiger charge is -2.15. The van der Waals surface area contributed by atoms with Gasteiger partial charge in [-0.2, -0.15) is 0 Å². The average Bonchev–Trinajstić information content (AvgIpc) is 3.10. The van der Waals surface area contributed by atoms with Crippen LogP contribution in [-0.2, 0) is 14.6 Å². The molecule has 6 nitrogen and oxygen atoms in total. The Kier molecular flexibility index (Phi) is 7.48. The molecule has 3 aromatic rings. The van der Waals surface area contributed by atoms with Gasteiger partial charge in [-0.05, 0) is 79.6 Å². The molecule has 1 aromatic heterocycles. The smallest absolute Gasteiger partial charge is 0.311 e. The van der Waals surface area contributed by atoms with Gasteiger partial charge in [0.25, 0.3) is 0 Å². The van der Waals surface area contributed by atoms with Crippen LogP contribution in [0.5, 0.6) is 0 Å². The van der Waals surface area contributed by atoms with Gasteiger partial charge in [-0.25, -0.2) is 8.42 Å². The molecule has 32 heavy (non-hydrogen) atoms. The van der Waals surface area contributed by atoms with Crippen molar-refractivity contribution < 1.29 is 23.4 Å². The number of aromatic nitrogens is 1.